The minimum atomic E-state index is -0.924. The van der Waals surface area contributed by atoms with Gasteiger partial charge in [-0.25, -0.2) is 0 Å². The highest BCUT2D eigenvalue weighted by atomic mass is 16.5. The number of hydrogen-bond acceptors (Lipinski definition) is 3. The Hall–Kier alpha value is -2.04. The molecule has 0 unspecified atom stereocenters. The van der Waals surface area contributed by atoms with Gasteiger partial charge in [-0.15, -0.1) is 0 Å². The SMILES string of the molecule is COc1cccc(C)c1NC(=O)[C@@H]1[C@H](C(=O)O)C1(C)C. The zero-order valence-corrected chi connectivity index (χ0v) is 12.1. The summed E-state index contributed by atoms with van der Waals surface area (Å²) in [6.45, 7) is 5.46. The molecule has 0 aromatic heterocycles. The third-order valence-electron chi connectivity index (χ3n) is 4.08. The van der Waals surface area contributed by atoms with Gasteiger partial charge in [-0.2, -0.15) is 0 Å². The van der Waals surface area contributed by atoms with Crippen LogP contribution < -0.4 is 10.1 Å². The third kappa shape index (κ3) is 2.24. The Morgan fingerprint density at radius 3 is 2.45 bits per heavy atom. The van der Waals surface area contributed by atoms with Gasteiger partial charge in [-0.05, 0) is 24.0 Å². The van der Waals surface area contributed by atoms with Crippen molar-refractivity contribution in [2.24, 2.45) is 17.3 Å². The van der Waals surface area contributed by atoms with E-state index in [-0.39, 0.29) is 5.91 Å². The summed E-state index contributed by atoms with van der Waals surface area (Å²) < 4.78 is 5.22. The lowest BCUT2D eigenvalue weighted by Crippen LogP contribution is -2.18. The van der Waals surface area contributed by atoms with Gasteiger partial charge in [0.25, 0.3) is 0 Å². The monoisotopic (exact) mass is 277 g/mol. The summed E-state index contributed by atoms with van der Waals surface area (Å²) in [5, 5.41) is 11.9. The van der Waals surface area contributed by atoms with Gasteiger partial charge in [0.15, 0.2) is 0 Å². The van der Waals surface area contributed by atoms with Crippen molar-refractivity contribution in [2.45, 2.75) is 20.8 Å². The van der Waals surface area contributed by atoms with Crippen molar-refractivity contribution < 1.29 is 19.4 Å². The standard InChI is InChI=1S/C15H19NO4/c1-8-6-5-7-9(20-4)12(8)16-13(17)10-11(14(18)19)15(10,2)3/h5-7,10-11H,1-4H3,(H,16,17)(H,18,19)/t10-,11+/m0/s1. The molecule has 0 saturated heterocycles. The highest BCUT2D eigenvalue weighted by Crippen LogP contribution is 2.58. The summed E-state index contributed by atoms with van der Waals surface area (Å²) in [5.41, 5.74) is 0.973. The molecule has 1 amide bonds. The van der Waals surface area contributed by atoms with Crippen molar-refractivity contribution in [2.75, 3.05) is 12.4 Å². The molecule has 2 rings (SSSR count). The van der Waals surface area contributed by atoms with Crippen LogP contribution in [0.2, 0.25) is 0 Å². The number of carboxylic acids is 1. The first-order valence-corrected chi connectivity index (χ1v) is 6.48. The molecule has 0 spiro atoms. The lowest BCUT2D eigenvalue weighted by molar-refractivity contribution is -0.140. The van der Waals surface area contributed by atoms with E-state index in [1.807, 2.05) is 19.1 Å². The van der Waals surface area contributed by atoms with Crippen molar-refractivity contribution in [3.05, 3.63) is 23.8 Å². The van der Waals surface area contributed by atoms with Crippen LogP contribution in [0.1, 0.15) is 19.4 Å². The Balaban J connectivity index is 2.20. The number of aryl methyl sites for hydroxylation is 1. The van der Waals surface area contributed by atoms with Crippen molar-refractivity contribution in [1.82, 2.24) is 0 Å². The average Bonchev–Trinajstić information content (AvgIpc) is 2.95. The van der Waals surface area contributed by atoms with Gasteiger partial charge in [0, 0.05) is 0 Å². The number of nitrogens with one attached hydrogen (secondary N) is 1. The minimum Gasteiger partial charge on any atom is -0.495 e. The summed E-state index contributed by atoms with van der Waals surface area (Å²) >= 11 is 0. The molecule has 1 aromatic carbocycles. The number of benzene rings is 1. The van der Waals surface area contributed by atoms with Gasteiger partial charge in [-0.3, -0.25) is 9.59 Å². The number of anilines is 1. The van der Waals surface area contributed by atoms with E-state index in [9.17, 15) is 9.59 Å². The highest BCUT2D eigenvalue weighted by Gasteiger charge is 2.65. The molecule has 2 atom stereocenters. The molecule has 0 radical (unpaired) electrons. The van der Waals surface area contributed by atoms with Crippen molar-refractivity contribution in [3.8, 4) is 5.75 Å². The smallest absolute Gasteiger partial charge is 0.307 e. The number of carbonyl (C=O) groups is 2. The molecule has 0 aliphatic heterocycles. The summed E-state index contributed by atoms with van der Waals surface area (Å²) in [6.07, 6.45) is 0. The maximum atomic E-state index is 12.3. The molecule has 1 aromatic rings. The molecule has 0 bridgehead atoms. The number of carbonyl (C=O) groups excluding carboxylic acids is 1. The Morgan fingerprint density at radius 1 is 1.30 bits per heavy atom. The molecule has 108 valence electrons. The number of methoxy groups -OCH3 is 1. The predicted octanol–water partition coefficient (Wildman–Crippen LogP) is 2.30. The fourth-order valence-corrected chi connectivity index (χ4v) is 2.76. The number of para-hydroxylation sites is 1. The largest absolute Gasteiger partial charge is 0.495 e. The van der Waals surface area contributed by atoms with Gasteiger partial charge in [0.2, 0.25) is 5.91 Å². The lowest BCUT2D eigenvalue weighted by Gasteiger charge is -2.13. The summed E-state index contributed by atoms with van der Waals surface area (Å²) in [4.78, 5) is 23.4. The topological polar surface area (TPSA) is 75.6 Å². The number of amides is 1. The second-order valence-corrected chi connectivity index (χ2v) is 5.76. The van der Waals surface area contributed by atoms with E-state index in [2.05, 4.69) is 5.32 Å². The van der Waals surface area contributed by atoms with Crippen LogP contribution in [-0.2, 0) is 9.59 Å². The second-order valence-electron chi connectivity index (χ2n) is 5.76. The number of hydrogen-bond donors (Lipinski definition) is 2. The summed E-state index contributed by atoms with van der Waals surface area (Å²) in [5.74, 6) is -1.76. The maximum absolute atomic E-state index is 12.3. The first kappa shape index (κ1) is 14.4. The van der Waals surface area contributed by atoms with Crippen LogP contribution in [0.3, 0.4) is 0 Å². The molecule has 1 fully saturated rings. The summed E-state index contributed by atoms with van der Waals surface area (Å²) in [7, 11) is 1.53. The Morgan fingerprint density at radius 2 is 1.95 bits per heavy atom. The first-order chi connectivity index (χ1) is 9.30. The van der Waals surface area contributed by atoms with Crippen LogP contribution in [0.5, 0.6) is 5.75 Å². The highest BCUT2D eigenvalue weighted by molar-refractivity contribution is 6.01. The average molecular weight is 277 g/mol. The van der Waals surface area contributed by atoms with Crippen molar-refractivity contribution in [3.63, 3.8) is 0 Å². The normalized spacial score (nSPS) is 23.0. The van der Waals surface area contributed by atoms with E-state index in [1.54, 1.807) is 19.9 Å². The zero-order valence-electron chi connectivity index (χ0n) is 12.1. The fourth-order valence-electron chi connectivity index (χ4n) is 2.76. The van der Waals surface area contributed by atoms with Crippen molar-refractivity contribution in [1.29, 1.82) is 0 Å². The Labute approximate surface area is 117 Å². The Bertz CT molecular complexity index is 565. The summed E-state index contributed by atoms with van der Waals surface area (Å²) in [6, 6.07) is 5.46. The number of carboxylic acid groups (broad SMARTS) is 1. The van der Waals surface area contributed by atoms with E-state index in [1.165, 1.54) is 7.11 Å². The van der Waals surface area contributed by atoms with Gasteiger partial charge < -0.3 is 15.2 Å². The molecular formula is C15H19NO4. The molecule has 1 aliphatic rings. The van der Waals surface area contributed by atoms with Gasteiger partial charge in [0.05, 0.1) is 24.6 Å². The van der Waals surface area contributed by atoms with E-state index in [0.29, 0.717) is 11.4 Å². The molecule has 2 N–H and O–H groups in total. The number of rotatable bonds is 4. The molecule has 5 heteroatoms. The molecule has 1 aliphatic carbocycles. The molecular weight excluding hydrogens is 258 g/mol. The molecule has 5 nitrogen and oxygen atoms in total. The van der Waals surface area contributed by atoms with E-state index >= 15 is 0 Å². The fraction of sp³-hybridized carbons (Fsp3) is 0.467. The second kappa shape index (κ2) is 4.81. The predicted molar refractivity (Wildman–Crippen MR) is 74.8 cm³/mol. The molecule has 0 heterocycles. The molecule has 1 saturated carbocycles. The van der Waals surface area contributed by atoms with Crippen LogP contribution in [0.25, 0.3) is 0 Å². The number of ether oxygens (including phenoxy) is 1. The van der Waals surface area contributed by atoms with E-state index in [0.717, 1.165) is 5.56 Å². The van der Waals surface area contributed by atoms with Crippen LogP contribution in [0.15, 0.2) is 18.2 Å². The van der Waals surface area contributed by atoms with E-state index in [4.69, 9.17) is 9.84 Å². The van der Waals surface area contributed by atoms with Crippen LogP contribution >= 0.6 is 0 Å². The minimum absolute atomic E-state index is 0.269. The lowest BCUT2D eigenvalue weighted by atomic mass is 10.1. The van der Waals surface area contributed by atoms with Crippen molar-refractivity contribution >= 4 is 17.6 Å². The van der Waals surface area contributed by atoms with Gasteiger partial charge in [0.1, 0.15) is 5.75 Å². The van der Waals surface area contributed by atoms with Crippen LogP contribution in [0, 0.1) is 24.2 Å². The van der Waals surface area contributed by atoms with Crippen LogP contribution in [-0.4, -0.2) is 24.1 Å². The number of aliphatic carboxylic acids is 1. The Kier molecular flexibility index (Phi) is 3.46. The van der Waals surface area contributed by atoms with Crippen LogP contribution in [0.4, 0.5) is 5.69 Å². The first-order valence-electron chi connectivity index (χ1n) is 6.48. The van der Waals surface area contributed by atoms with E-state index < -0.39 is 23.2 Å². The molecule has 20 heavy (non-hydrogen) atoms. The third-order valence-corrected chi connectivity index (χ3v) is 4.08. The zero-order chi connectivity index (χ0) is 15.1. The van der Waals surface area contributed by atoms with Gasteiger partial charge in [-0.1, -0.05) is 26.0 Å². The quantitative estimate of drug-likeness (QED) is 0.885. The maximum Gasteiger partial charge on any atom is 0.307 e. The van der Waals surface area contributed by atoms with Gasteiger partial charge >= 0.3 is 5.97 Å².